The summed E-state index contributed by atoms with van der Waals surface area (Å²) in [5, 5.41) is 11.2. The second-order valence-electron chi connectivity index (χ2n) is 5.69. The van der Waals surface area contributed by atoms with Gasteiger partial charge in [-0.25, -0.2) is 0 Å². The SMILES string of the molecule is CCn1c(-c2cc(NC(=O)c3ccncc3)n[nH]2)cc2ccccc21. The van der Waals surface area contributed by atoms with E-state index in [0.717, 1.165) is 17.9 Å². The molecule has 2 N–H and O–H groups in total. The Balaban J connectivity index is 1.65. The van der Waals surface area contributed by atoms with Gasteiger partial charge in [-0.15, -0.1) is 0 Å². The molecule has 4 rings (SSSR count). The molecule has 3 aromatic heterocycles. The van der Waals surface area contributed by atoms with Gasteiger partial charge in [-0.05, 0) is 31.2 Å². The van der Waals surface area contributed by atoms with E-state index in [-0.39, 0.29) is 5.91 Å². The van der Waals surface area contributed by atoms with Crippen molar-refractivity contribution in [2.45, 2.75) is 13.5 Å². The van der Waals surface area contributed by atoms with Crippen LogP contribution in [0.25, 0.3) is 22.3 Å². The highest BCUT2D eigenvalue weighted by atomic mass is 16.1. The van der Waals surface area contributed by atoms with Crippen molar-refractivity contribution >= 4 is 22.6 Å². The number of nitrogens with one attached hydrogen (secondary N) is 2. The fourth-order valence-corrected chi connectivity index (χ4v) is 2.98. The Morgan fingerprint density at radius 1 is 1.16 bits per heavy atom. The average Bonchev–Trinajstić information content (AvgIpc) is 3.26. The van der Waals surface area contributed by atoms with E-state index in [4.69, 9.17) is 0 Å². The number of rotatable bonds is 4. The molecule has 124 valence electrons. The quantitative estimate of drug-likeness (QED) is 0.599. The molecule has 0 spiro atoms. The summed E-state index contributed by atoms with van der Waals surface area (Å²) in [4.78, 5) is 16.1. The molecule has 0 aliphatic heterocycles. The van der Waals surface area contributed by atoms with Crippen LogP contribution in [0.1, 0.15) is 17.3 Å². The molecule has 0 unspecified atom stereocenters. The number of benzene rings is 1. The Hall–Kier alpha value is -3.41. The van der Waals surface area contributed by atoms with Gasteiger partial charge in [-0.2, -0.15) is 5.10 Å². The zero-order chi connectivity index (χ0) is 17.2. The number of para-hydroxylation sites is 1. The van der Waals surface area contributed by atoms with Gasteiger partial charge in [0.2, 0.25) is 0 Å². The largest absolute Gasteiger partial charge is 0.340 e. The standard InChI is InChI=1S/C19H17N5O/c1-2-24-16-6-4-3-5-14(16)11-17(24)15-12-18(23-22-15)21-19(25)13-7-9-20-10-8-13/h3-12H,2H2,1H3,(H2,21,22,23,25). The van der Waals surface area contributed by atoms with Crippen LogP contribution in [-0.2, 0) is 6.54 Å². The van der Waals surface area contributed by atoms with Crippen LogP contribution in [0, 0.1) is 0 Å². The second-order valence-corrected chi connectivity index (χ2v) is 5.69. The van der Waals surface area contributed by atoms with Gasteiger partial charge in [0.25, 0.3) is 5.91 Å². The molecule has 0 bridgehead atoms. The number of amides is 1. The number of fused-ring (bicyclic) bond motifs is 1. The highest BCUT2D eigenvalue weighted by Gasteiger charge is 2.13. The lowest BCUT2D eigenvalue weighted by molar-refractivity contribution is 0.102. The van der Waals surface area contributed by atoms with E-state index in [1.54, 1.807) is 24.5 Å². The Labute approximate surface area is 144 Å². The Morgan fingerprint density at radius 2 is 1.96 bits per heavy atom. The van der Waals surface area contributed by atoms with Gasteiger partial charge in [0.1, 0.15) is 0 Å². The summed E-state index contributed by atoms with van der Waals surface area (Å²) in [6.07, 6.45) is 3.18. The van der Waals surface area contributed by atoms with Crippen molar-refractivity contribution in [1.29, 1.82) is 0 Å². The first-order chi connectivity index (χ1) is 12.3. The minimum atomic E-state index is -0.212. The molecule has 0 atom stereocenters. The third kappa shape index (κ3) is 2.78. The van der Waals surface area contributed by atoms with E-state index in [0.29, 0.717) is 11.4 Å². The fourth-order valence-electron chi connectivity index (χ4n) is 2.98. The van der Waals surface area contributed by atoms with Crippen molar-refractivity contribution < 1.29 is 4.79 Å². The Bertz CT molecular complexity index is 1030. The number of aryl methyl sites for hydroxylation is 1. The molecule has 0 saturated carbocycles. The first-order valence-electron chi connectivity index (χ1n) is 8.11. The van der Waals surface area contributed by atoms with Crippen LogP contribution in [-0.4, -0.2) is 25.7 Å². The van der Waals surface area contributed by atoms with Gasteiger partial charge in [-0.3, -0.25) is 14.9 Å². The van der Waals surface area contributed by atoms with Crippen LogP contribution < -0.4 is 5.32 Å². The molecule has 0 aliphatic carbocycles. The Morgan fingerprint density at radius 3 is 2.76 bits per heavy atom. The molecule has 1 amide bonds. The summed E-state index contributed by atoms with van der Waals surface area (Å²) in [7, 11) is 0. The van der Waals surface area contributed by atoms with Crippen molar-refractivity contribution in [3.8, 4) is 11.4 Å². The highest BCUT2D eigenvalue weighted by molar-refractivity contribution is 6.03. The topological polar surface area (TPSA) is 75.6 Å². The molecule has 6 nitrogen and oxygen atoms in total. The third-order valence-electron chi connectivity index (χ3n) is 4.16. The number of carbonyl (C=O) groups is 1. The van der Waals surface area contributed by atoms with E-state index >= 15 is 0 Å². The van der Waals surface area contributed by atoms with E-state index in [2.05, 4.69) is 50.2 Å². The molecule has 4 aromatic rings. The zero-order valence-electron chi connectivity index (χ0n) is 13.7. The molecule has 1 aromatic carbocycles. The van der Waals surface area contributed by atoms with Gasteiger partial charge >= 0.3 is 0 Å². The first kappa shape index (κ1) is 15.1. The smallest absolute Gasteiger partial charge is 0.256 e. The molecule has 25 heavy (non-hydrogen) atoms. The highest BCUT2D eigenvalue weighted by Crippen LogP contribution is 2.28. The molecule has 0 aliphatic rings. The van der Waals surface area contributed by atoms with Gasteiger partial charge in [0, 0.05) is 41.5 Å². The first-order valence-corrected chi connectivity index (χ1v) is 8.11. The zero-order valence-corrected chi connectivity index (χ0v) is 13.7. The molecule has 6 heteroatoms. The Kier molecular flexibility index (Phi) is 3.78. The third-order valence-corrected chi connectivity index (χ3v) is 4.16. The molecular weight excluding hydrogens is 314 g/mol. The fraction of sp³-hybridized carbons (Fsp3) is 0.105. The number of carbonyl (C=O) groups excluding carboxylic acids is 1. The van der Waals surface area contributed by atoms with Crippen LogP contribution in [0.3, 0.4) is 0 Å². The van der Waals surface area contributed by atoms with E-state index in [9.17, 15) is 4.79 Å². The number of aromatic nitrogens is 4. The number of pyridine rings is 1. The molecule has 0 radical (unpaired) electrons. The van der Waals surface area contributed by atoms with Crippen molar-refractivity contribution in [1.82, 2.24) is 19.7 Å². The van der Waals surface area contributed by atoms with Gasteiger partial charge < -0.3 is 9.88 Å². The lowest BCUT2D eigenvalue weighted by atomic mass is 10.2. The van der Waals surface area contributed by atoms with Crippen molar-refractivity contribution in [2.24, 2.45) is 0 Å². The maximum Gasteiger partial charge on any atom is 0.256 e. The van der Waals surface area contributed by atoms with Gasteiger partial charge in [0.15, 0.2) is 5.82 Å². The summed E-state index contributed by atoms with van der Waals surface area (Å²) < 4.78 is 2.22. The molecule has 0 fully saturated rings. The van der Waals surface area contributed by atoms with Crippen molar-refractivity contribution in [3.05, 3.63) is 66.5 Å². The monoisotopic (exact) mass is 331 g/mol. The van der Waals surface area contributed by atoms with E-state index in [1.807, 2.05) is 18.2 Å². The van der Waals surface area contributed by atoms with Crippen molar-refractivity contribution in [3.63, 3.8) is 0 Å². The van der Waals surface area contributed by atoms with Crippen LogP contribution in [0.2, 0.25) is 0 Å². The summed E-state index contributed by atoms with van der Waals surface area (Å²) in [5.41, 5.74) is 3.63. The molecule has 3 heterocycles. The molecular formula is C19H17N5O. The predicted octanol–water partition coefficient (Wildman–Crippen LogP) is 3.70. The van der Waals surface area contributed by atoms with Gasteiger partial charge in [-0.1, -0.05) is 18.2 Å². The summed E-state index contributed by atoms with van der Waals surface area (Å²) in [5.74, 6) is 0.279. The van der Waals surface area contributed by atoms with Crippen LogP contribution in [0.15, 0.2) is 60.9 Å². The number of hydrogen-bond donors (Lipinski definition) is 2. The number of anilines is 1. The number of nitrogens with zero attached hydrogens (tertiary/aromatic N) is 3. The predicted molar refractivity (Wildman–Crippen MR) is 97.4 cm³/mol. The minimum absolute atomic E-state index is 0.212. The number of hydrogen-bond acceptors (Lipinski definition) is 3. The van der Waals surface area contributed by atoms with Crippen molar-refractivity contribution in [2.75, 3.05) is 5.32 Å². The maximum absolute atomic E-state index is 12.2. The van der Waals surface area contributed by atoms with Gasteiger partial charge in [0.05, 0.1) is 11.4 Å². The summed E-state index contributed by atoms with van der Waals surface area (Å²) in [6.45, 7) is 2.96. The average molecular weight is 331 g/mol. The van der Waals surface area contributed by atoms with Crippen LogP contribution in [0.5, 0.6) is 0 Å². The van der Waals surface area contributed by atoms with E-state index < -0.39 is 0 Å². The summed E-state index contributed by atoms with van der Waals surface area (Å²) >= 11 is 0. The van der Waals surface area contributed by atoms with E-state index in [1.165, 1.54) is 10.9 Å². The van der Waals surface area contributed by atoms with Crippen LogP contribution >= 0.6 is 0 Å². The summed E-state index contributed by atoms with van der Waals surface area (Å²) in [6, 6.07) is 15.6. The minimum Gasteiger partial charge on any atom is -0.340 e. The second kappa shape index (κ2) is 6.24. The van der Waals surface area contributed by atoms with Crippen LogP contribution in [0.4, 0.5) is 5.82 Å². The number of aromatic amines is 1. The lowest BCUT2D eigenvalue weighted by Gasteiger charge is -2.05. The maximum atomic E-state index is 12.2. The molecule has 0 saturated heterocycles. The normalized spacial score (nSPS) is 10.9. The lowest BCUT2D eigenvalue weighted by Crippen LogP contribution is -2.11. The number of H-pyrrole nitrogens is 1.